The van der Waals surface area contributed by atoms with Crippen LogP contribution in [0.5, 0.6) is 0 Å². The summed E-state index contributed by atoms with van der Waals surface area (Å²) in [6, 6.07) is 15.4. The van der Waals surface area contributed by atoms with E-state index in [1.165, 1.54) is 35.2 Å². The molecule has 3 nitrogen and oxygen atoms in total. The molecule has 0 aliphatic heterocycles. The summed E-state index contributed by atoms with van der Waals surface area (Å²) >= 11 is 0. The van der Waals surface area contributed by atoms with Gasteiger partial charge in [-0.1, -0.05) is 31.2 Å². The Bertz CT molecular complexity index is 779. The zero-order chi connectivity index (χ0) is 18.7. The third-order valence-corrected chi connectivity index (χ3v) is 5.33. The van der Waals surface area contributed by atoms with Crippen LogP contribution in [-0.4, -0.2) is 18.5 Å². The van der Waals surface area contributed by atoms with Gasteiger partial charge in [0.15, 0.2) is 0 Å². The zero-order valence-corrected chi connectivity index (χ0v) is 16.5. The van der Waals surface area contributed by atoms with Crippen LogP contribution < -0.4 is 9.80 Å². The second kappa shape index (κ2) is 7.94. The van der Waals surface area contributed by atoms with Crippen molar-refractivity contribution in [3.05, 3.63) is 59.2 Å². The molecule has 0 fully saturated rings. The van der Waals surface area contributed by atoms with Crippen molar-refractivity contribution < 1.29 is 0 Å². The topological polar surface area (TPSA) is 30.3 Å². The van der Waals surface area contributed by atoms with E-state index in [4.69, 9.17) is 5.41 Å². The molecule has 3 rings (SSSR count). The highest BCUT2D eigenvalue weighted by molar-refractivity contribution is 6.06. The first-order valence-corrected chi connectivity index (χ1v) is 9.91. The van der Waals surface area contributed by atoms with Gasteiger partial charge in [-0.3, -0.25) is 5.41 Å². The molecule has 1 aliphatic rings. The molecule has 0 atom stereocenters. The van der Waals surface area contributed by atoms with Crippen LogP contribution in [-0.2, 0) is 19.3 Å². The fourth-order valence-electron chi connectivity index (χ4n) is 3.99. The largest absolute Gasteiger partial charge is 0.313 e. The number of hydrogen-bond donors (Lipinski definition) is 1. The van der Waals surface area contributed by atoms with Gasteiger partial charge in [-0.2, -0.15) is 0 Å². The highest BCUT2D eigenvalue weighted by Gasteiger charge is 2.26. The van der Waals surface area contributed by atoms with Gasteiger partial charge >= 0.3 is 0 Å². The predicted octanol–water partition coefficient (Wildman–Crippen LogP) is 5.41. The van der Waals surface area contributed by atoms with Crippen LogP contribution in [0.25, 0.3) is 0 Å². The zero-order valence-electron chi connectivity index (χ0n) is 16.5. The van der Waals surface area contributed by atoms with Crippen molar-refractivity contribution in [3.8, 4) is 0 Å². The Morgan fingerprint density at radius 3 is 2.54 bits per heavy atom. The number of nitrogens with one attached hydrogen (secondary N) is 1. The number of aryl methyl sites for hydroxylation is 2. The second-order valence-electron chi connectivity index (χ2n) is 7.32. The summed E-state index contributed by atoms with van der Waals surface area (Å²) in [4.78, 5) is 4.32. The third-order valence-electron chi connectivity index (χ3n) is 5.33. The fraction of sp³-hybridized carbons (Fsp3) is 0.435. The molecule has 0 spiro atoms. The molecular weight excluding hydrogens is 318 g/mol. The second-order valence-corrected chi connectivity index (χ2v) is 7.32. The van der Waals surface area contributed by atoms with Crippen LogP contribution in [0.1, 0.15) is 50.8 Å². The van der Waals surface area contributed by atoms with Crippen molar-refractivity contribution in [1.29, 1.82) is 5.41 Å². The first-order chi connectivity index (χ1) is 12.6. The maximum Gasteiger partial charge on any atom is 0.203 e. The summed E-state index contributed by atoms with van der Waals surface area (Å²) in [6.07, 6.45) is 4.53. The van der Waals surface area contributed by atoms with Crippen LogP contribution in [0.4, 0.5) is 11.4 Å². The summed E-state index contributed by atoms with van der Waals surface area (Å²) in [5.74, 6) is 0.566. The molecule has 0 bridgehead atoms. The molecule has 2 aromatic rings. The average Bonchev–Trinajstić information content (AvgIpc) is 3.12. The number of nitrogens with zero attached hydrogens (tertiary/aromatic N) is 2. The number of benzene rings is 2. The quantitative estimate of drug-likeness (QED) is 0.577. The minimum atomic E-state index is 0.234. The van der Waals surface area contributed by atoms with Gasteiger partial charge in [-0.05, 0) is 81.3 Å². The predicted molar refractivity (Wildman–Crippen MR) is 113 cm³/mol. The molecule has 3 heteroatoms. The minimum absolute atomic E-state index is 0.234. The Kier molecular flexibility index (Phi) is 5.65. The lowest BCUT2D eigenvalue weighted by Crippen LogP contribution is -2.48. The summed E-state index contributed by atoms with van der Waals surface area (Å²) in [5, 5.41) is 9.05. The van der Waals surface area contributed by atoms with E-state index in [1.54, 1.807) is 0 Å². The molecule has 0 heterocycles. The van der Waals surface area contributed by atoms with E-state index in [9.17, 15) is 0 Å². The van der Waals surface area contributed by atoms with Crippen molar-refractivity contribution in [2.45, 2.75) is 59.4 Å². The van der Waals surface area contributed by atoms with E-state index >= 15 is 0 Å². The first-order valence-electron chi connectivity index (χ1n) is 9.91. The van der Waals surface area contributed by atoms with Crippen LogP contribution in [0.15, 0.2) is 42.5 Å². The monoisotopic (exact) mass is 349 g/mol. The Morgan fingerprint density at radius 2 is 1.85 bits per heavy atom. The molecule has 0 amide bonds. The van der Waals surface area contributed by atoms with Crippen LogP contribution in [0.3, 0.4) is 0 Å². The molecule has 0 aromatic heterocycles. The molecule has 0 radical (unpaired) electrons. The highest BCUT2D eigenvalue weighted by Crippen LogP contribution is 2.33. The Morgan fingerprint density at radius 1 is 1.08 bits per heavy atom. The number of rotatable bonds is 5. The lowest BCUT2D eigenvalue weighted by molar-refractivity contribution is 0.782. The average molecular weight is 350 g/mol. The van der Waals surface area contributed by atoms with E-state index in [0.717, 1.165) is 25.1 Å². The summed E-state index contributed by atoms with van der Waals surface area (Å²) < 4.78 is 0. The molecular formula is C23H31N3. The van der Waals surface area contributed by atoms with Gasteiger partial charge in [0, 0.05) is 24.0 Å². The molecule has 1 N–H and O–H groups in total. The lowest BCUT2D eigenvalue weighted by Gasteiger charge is -2.37. The fourth-order valence-corrected chi connectivity index (χ4v) is 3.99. The Balaban J connectivity index is 1.99. The number of fused-ring (bicyclic) bond motifs is 1. The molecule has 2 aromatic carbocycles. The van der Waals surface area contributed by atoms with E-state index < -0.39 is 0 Å². The van der Waals surface area contributed by atoms with E-state index in [0.29, 0.717) is 5.96 Å². The Hall–Kier alpha value is -2.29. The van der Waals surface area contributed by atoms with Crippen LogP contribution in [0, 0.1) is 5.41 Å². The molecule has 0 saturated heterocycles. The normalized spacial score (nSPS) is 13.0. The van der Waals surface area contributed by atoms with Crippen molar-refractivity contribution in [3.63, 3.8) is 0 Å². The highest BCUT2D eigenvalue weighted by atomic mass is 15.4. The van der Waals surface area contributed by atoms with Crippen molar-refractivity contribution >= 4 is 17.3 Å². The van der Waals surface area contributed by atoms with Gasteiger partial charge in [-0.25, -0.2) is 0 Å². The van der Waals surface area contributed by atoms with Gasteiger partial charge < -0.3 is 9.80 Å². The van der Waals surface area contributed by atoms with Gasteiger partial charge in [0.1, 0.15) is 0 Å². The van der Waals surface area contributed by atoms with Crippen molar-refractivity contribution in [2.75, 3.05) is 16.3 Å². The van der Waals surface area contributed by atoms with Crippen molar-refractivity contribution in [1.82, 2.24) is 0 Å². The van der Waals surface area contributed by atoms with E-state index in [-0.39, 0.29) is 6.04 Å². The first kappa shape index (κ1) is 18.5. The minimum Gasteiger partial charge on any atom is -0.313 e. The summed E-state index contributed by atoms with van der Waals surface area (Å²) in [6.45, 7) is 9.44. The molecule has 138 valence electrons. The SMILES string of the molecule is CCc1cccc(N(CC)C(=N)N(c2cccc3c2CCC3)C(C)C)c1. The van der Waals surface area contributed by atoms with E-state index in [1.807, 2.05) is 0 Å². The van der Waals surface area contributed by atoms with E-state index in [2.05, 4.69) is 80.0 Å². The third kappa shape index (κ3) is 3.48. The van der Waals surface area contributed by atoms with Crippen molar-refractivity contribution in [2.24, 2.45) is 0 Å². The maximum atomic E-state index is 9.05. The molecule has 26 heavy (non-hydrogen) atoms. The molecule has 0 unspecified atom stereocenters. The molecule has 0 saturated carbocycles. The number of guanidine groups is 1. The standard InChI is InChI=1S/C23H31N3/c1-5-18-10-7-13-20(16-18)25(6-2)23(24)26(17(3)4)22-15-9-12-19-11-8-14-21(19)22/h7,9-10,12-13,15-17,24H,5-6,8,11,14H2,1-4H3. The number of anilines is 2. The van der Waals surface area contributed by atoms with Gasteiger partial charge in [0.2, 0.25) is 5.96 Å². The smallest absolute Gasteiger partial charge is 0.203 e. The summed E-state index contributed by atoms with van der Waals surface area (Å²) in [5.41, 5.74) is 6.52. The van der Waals surface area contributed by atoms with Gasteiger partial charge in [0.05, 0.1) is 0 Å². The van der Waals surface area contributed by atoms with Gasteiger partial charge in [-0.15, -0.1) is 0 Å². The number of hydrogen-bond acceptors (Lipinski definition) is 1. The molecule has 1 aliphatic carbocycles. The Labute approximate surface area is 158 Å². The van der Waals surface area contributed by atoms with Crippen LogP contribution in [0.2, 0.25) is 0 Å². The maximum absolute atomic E-state index is 9.05. The van der Waals surface area contributed by atoms with Gasteiger partial charge in [0.25, 0.3) is 0 Å². The summed E-state index contributed by atoms with van der Waals surface area (Å²) in [7, 11) is 0. The van der Waals surface area contributed by atoms with Crippen LogP contribution >= 0.6 is 0 Å². The lowest BCUT2D eigenvalue weighted by atomic mass is 10.1.